The maximum atomic E-state index is 15.0. The molecule has 2 aromatic carbocycles. The van der Waals surface area contributed by atoms with Gasteiger partial charge in [-0.2, -0.15) is 4.98 Å². The van der Waals surface area contributed by atoms with Crippen molar-refractivity contribution in [2.75, 3.05) is 5.73 Å². The van der Waals surface area contributed by atoms with Crippen LogP contribution >= 0.6 is 0 Å². The molecule has 2 N–H and O–H groups in total. The van der Waals surface area contributed by atoms with E-state index in [2.05, 4.69) is 23.8 Å². The molecule has 0 unspecified atom stereocenters. The Morgan fingerprint density at radius 2 is 1.83 bits per heavy atom. The molecule has 0 atom stereocenters. The van der Waals surface area contributed by atoms with E-state index in [9.17, 15) is 4.39 Å². The molecule has 5 rings (SSSR count). The highest BCUT2D eigenvalue weighted by molar-refractivity contribution is 5.88. The summed E-state index contributed by atoms with van der Waals surface area (Å²) in [5.74, 6) is 0.126. The van der Waals surface area contributed by atoms with E-state index in [4.69, 9.17) is 10.2 Å². The van der Waals surface area contributed by atoms with Gasteiger partial charge in [0.25, 0.3) is 0 Å². The second-order valence-corrected chi connectivity index (χ2v) is 7.67. The van der Waals surface area contributed by atoms with Crippen LogP contribution in [0, 0.1) is 17.6 Å². The van der Waals surface area contributed by atoms with Crippen molar-refractivity contribution in [2.45, 2.75) is 20.4 Å². The number of benzene rings is 2. The number of rotatable bonds is 4. The van der Waals surface area contributed by atoms with Crippen LogP contribution in [0.2, 0.25) is 0 Å². The van der Waals surface area contributed by atoms with Crippen LogP contribution in [0.3, 0.4) is 0 Å². The molecule has 30 heavy (non-hydrogen) atoms. The first kappa shape index (κ1) is 18.4. The Labute approximate surface area is 170 Å². The van der Waals surface area contributed by atoms with E-state index in [0.29, 0.717) is 46.3 Å². The molecule has 6 nitrogen and oxygen atoms in total. The quantitative estimate of drug-likeness (QED) is 0.448. The minimum Gasteiger partial charge on any atom is -0.432 e. The highest BCUT2D eigenvalue weighted by Crippen LogP contribution is 2.36. The summed E-state index contributed by atoms with van der Waals surface area (Å²) < 4.78 is 37.5. The Hall–Kier alpha value is -3.68. The van der Waals surface area contributed by atoms with Gasteiger partial charge in [0, 0.05) is 23.9 Å². The third-order valence-corrected chi connectivity index (χ3v) is 5.04. The lowest BCUT2D eigenvalue weighted by molar-refractivity contribution is 0.537. The maximum absolute atomic E-state index is 15.0. The van der Waals surface area contributed by atoms with Crippen molar-refractivity contribution in [3.8, 4) is 22.5 Å². The van der Waals surface area contributed by atoms with Crippen LogP contribution in [-0.4, -0.2) is 18.9 Å². The normalized spacial score (nSPS) is 11.9. The first-order valence-corrected chi connectivity index (χ1v) is 9.59. The van der Waals surface area contributed by atoms with E-state index < -0.39 is 5.82 Å². The smallest absolute Gasteiger partial charge is 0.306 e. The zero-order valence-electron chi connectivity index (χ0n) is 16.4. The average molecular weight is 407 g/mol. The molecule has 152 valence electrons. The standard InChI is InChI=1S/C22H19F2N5O/c1-12(2)11-29-17-10-14(9-16(24)19(17)26-21(29)25)20-18(13-3-5-15(23)6-4-13)27-22-28(20)7-8-30-22/h3-10,12H,11H2,1-2H3,(H2,25,26). The molecule has 0 aliphatic carbocycles. The van der Waals surface area contributed by atoms with Crippen LogP contribution in [-0.2, 0) is 6.54 Å². The lowest BCUT2D eigenvalue weighted by Gasteiger charge is -2.11. The molecule has 5 aromatic rings. The van der Waals surface area contributed by atoms with Crippen LogP contribution in [0.4, 0.5) is 14.7 Å². The zero-order valence-corrected chi connectivity index (χ0v) is 16.4. The fraction of sp³-hybridized carbons (Fsp3) is 0.182. The van der Waals surface area contributed by atoms with E-state index >= 15 is 4.39 Å². The third kappa shape index (κ3) is 2.83. The van der Waals surface area contributed by atoms with Gasteiger partial charge in [-0.05, 0) is 42.3 Å². The predicted molar refractivity (Wildman–Crippen MR) is 111 cm³/mol. The number of hydrogen-bond donors (Lipinski definition) is 1. The monoisotopic (exact) mass is 407 g/mol. The summed E-state index contributed by atoms with van der Waals surface area (Å²) in [5.41, 5.74) is 9.40. The average Bonchev–Trinajstić information content (AvgIpc) is 3.36. The largest absolute Gasteiger partial charge is 0.432 e. The number of hydrogen-bond acceptors (Lipinski definition) is 4. The van der Waals surface area contributed by atoms with Crippen molar-refractivity contribution in [3.05, 3.63) is 60.5 Å². The van der Waals surface area contributed by atoms with Crippen molar-refractivity contribution in [1.82, 2.24) is 18.9 Å². The summed E-state index contributed by atoms with van der Waals surface area (Å²) in [7, 11) is 0. The van der Waals surface area contributed by atoms with E-state index in [1.807, 2.05) is 10.6 Å². The SMILES string of the molecule is CC(C)Cn1c(N)nc2c(F)cc(-c3c(-c4ccc(F)cc4)nc4occn34)cc21. The fourth-order valence-electron chi connectivity index (χ4n) is 3.76. The first-order valence-electron chi connectivity index (χ1n) is 9.59. The lowest BCUT2D eigenvalue weighted by atomic mass is 10.0. The van der Waals surface area contributed by atoms with Gasteiger partial charge in [-0.15, -0.1) is 0 Å². The molecule has 0 amide bonds. The molecular weight excluding hydrogens is 388 g/mol. The molecule has 0 aliphatic rings. The number of aromatic nitrogens is 4. The molecule has 0 spiro atoms. The summed E-state index contributed by atoms with van der Waals surface area (Å²) in [6.45, 7) is 4.73. The van der Waals surface area contributed by atoms with Gasteiger partial charge in [0.2, 0.25) is 5.95 Å². The molecule has 0 fully saturated rings. The van der Waals surface area contributed by atoms with Gasteiger partial charge in [0.05, 0.1) is 11.2 Å². The number of fused-ring (bicyclic) bond motifs is 2. The van der Waals surface area contributed by atoms with Crippen LogP contribution < -0.4 is 5.73 Å². The highest BCUT2D eigenvalue weighted by Gasteiger charge is 2.21. The summed E-state index contributed by atoms with van der Waals surface area (Å²) in [5, 5.41) is 0. The lowest BCUT2D eigenvalue weighted by Crippen LogP contribution is -2.08. The summed E-state index contributed by atoms with van der Waals surface area (Å²) >= 11 is 0. The van der Waals surface area contributed by atoms with E-state index in [1.165, 1.54) is 24.5 Å². The van der Waals surface area contributed by atoms with Gasteiger partial charge in [0.15, 0.2) is 5.82 Å². The first-order chi connectivity index (χ1) is 14.4. The Morgan fingerprint density at radius 3 is 2.57 bits per heavy atom. The number of anilines is 1. The van der Waals surface area contributed by atoms with Crippen molar-refractivity contribution in [2.24, 2.45) is 5.92 Å². The maximum Gasteiger partial charge on any atom is 0.306 e. The molecule has 0 saturated carbocycles. The van der Waals surface area contributed by atoms with Gasteiger partial charge in [0.1, 0.15) is 23.3 Å². The number of oxazole rings is 1. The van der Waals surface area contributed by atoms with Crippen molar-refractivity contribution >= 4 is 22.8 Å². The Morgan fingerprint density at radius 1 is 1.07 bits per heavy atom. The number of imidazole rings is 2. The Bertz CT molecular complexity index is 1380. The van der Waals surface area contributed by atoms with Crippen LogP contribution in [0.15, 0.2) is 53.3 Å². The van der Waals surface area contributed by atoms with Gasteiger partial charge in [-0.25, -0.2) is 13.8 Å². The highest BCUT2D eigenvalue weighted by atomic mass is 19.1. The van der Waals surface area contributed by atoms with Crippen molar-refractivity contribution in [1.29, 1.82) is 0 Å². The number of nitrogens with two attached hydrogens (primary N) is 1. The van der Waals surface area contributed by atoms with E-state index in [-0.39, 0.29) is 17.3 Å². The Kier molecular flexibility index (Phi) is 4.09. The van der Waals surface area contributed by atoms with E-state index in [1.54, 1.807) is 22.7 Å². The van der Waals surface area contributed by atoms with Crippen molar-refractivity contribution < 1.29 is 13.2 Å². The number of halogens is 2. The summed E-state index contributed by atoms with van der Waals surface area (Å²) in [6, 6.07) is 9.27. The predicted octanol–water partition coefficient (Wildman–Crippen LogP) is 5.13. The number of nitrogen functional groups attached to an aromatic ring is 1. The van der Waals surface area contributed by atoms with Gasteiger partial charge < -0.3 is 14.7 Å². The van der Waals surface area contributed by atoms with E-state index in [0.717, 1.165) is 0 Å². The molecule has 0 saturated heterocycles. The number of nitrogens with zero attached hydrogens (tertiary/aromatic N) is 4. The third-order valence-electron chi connectivity index (χ3n) is 5.04. The Balaban J connectivity index is 1.79. The minimum absolute atomic E-state index is 0.230. The van der Waals surface area contributed by atoms with Crippen LogP contribution in [0.5, 0.6) is 0 Å². The topological polar surface area (TPSA) is 74.3 Å². The molecule has 0 radical (unpaired) electrons. The molecule has 3 aromatic heterocycles. The van der Waals surface area contributed by atoms with Crippen LogP contribution in [0.25, 0.3) is 39.4 Å². The summed E-state index contributed by atoms with van der Waals surface area (Å²) in [6.07, 6.45) is 3.22. The minimum atomic E-state index is -0.472. The molecule has 0 bridgehead atoms. The van der Waals surface area contributed by atoms with Crippen molar-refractivity contribution in [3.63, 3.8) is 0 Å². The molecule has 0 aliphatic heterocycles. The van der Waals surface area contributed by atoms with Gasteiger partial charge >= 0.3 is 5.84 Å². The molecule has 8 heteroatoms. The second-order valence-electron chi connectivity index (χ2n) is 7.67. The summed E-state index contributed by atoms with van der Waals surface area (Å²) in [4.78, 5) is 8.75. The van der Waals surface area contributed by atoms with Crippen LogP contribution in [0.1, 0.15) is 13.8 Å². The molecule has 3 heterocycles. The zero-order chi connectivity index (χ0) is 21.0. The second kappa shape index (κ2) is 6.69. The molecular formula is C22H19F2N5O. The van der Waals surface area contributed by atoms with Gasteiger partial charge in [-0.1, -0.05) is 13.8 Å². The van der Waals surface area contributed by atoms with Gasteiger partial charge in [-0.3, -0.25) is 4.40 Å². The fourth-order valence-corrected chi connectivity index (χ4v) is 3.76.